The number of nitrogens with one attached hydrogen (secondary N) is 2. The van der Waals surface area contributed by atoms with Gasteiger partial charge in [0.2, 0.25) is 0 Å². The third-order valence-corrected chi connectivity index (χ3v) is 2.88. The van der Waals surface area contributed by atoms with E-state index >= 15 is 0 Å². The van der Waals surface area contributed by atoms with Crippen LogP contribution in [0.4, 0.5) is 4.79 Å². The van der Waals surface area contributed by atoms with Gasteiger partial charge in [0.25, 0.3) is 0 Å². The quantitative estimate of drug-likeness (QED) is 0.320. The first-order valence-corrected chi connectivity index (χ1v) is 6.77. The summed E-state index contributed by atoms with van der Waals surface area (Å²) in [5.41, 5.74) is 0. The molecule has 0 aliphatic rings. The second-order valence-electron chi connectivity index (χ2n) is 3.57. The predicted octanol–water partition coefficient (Wildman–Crippen LogP) is 1.07. The Morgan fingerprint density at radius 1 is 1.19 bits per heavy atom. The highest BCUT2D eigenvalue weighted by atomic mass is 32.1. The van der Waals surface area contributed by atoms with E-state index in [1.165, 1.54) is 0 Å². The molecule has 0 saturated heterocycles. The molecule has 4 nitrogen and oxygen atoms in total. The van der Waals surface area contributed by atoms with E-state index in [-0.39, 0.29) is 12.6 Å². The molecule has 0 aromatic heterocycles. The smallest absolute Gasteiger partial charge is 0.314 e. The summed E-state index contributed by atoms with van der Waals surface area (Å²) in [5.74, 6) is 0.871. The second kappa shape index (κ2) is 11.4. The molecule has 96 valence electrons. The van der Waals surface area contributed by atoms with Gasteiger partial charge in [-0.15, -0.1) is 0 Å². The molecular formula is C10H22N2O2S2. The van der Waals surface area contributed by atoms with Crippen molar-refractivity contribution in [1.82, 2.24) is 10.6 Å². The molecule has 6 heteroatoms. The summed E-state index contributed by atoms with van der Waals surface area (Å²) in [7, 11) is 0. The zero-order valence-electron chi connectivity index (χ0n) is 9.48. The van der Waals surface area contributed by atoms with Crippen molar-refractivity contribution in [2.45, 2.75) is 30.9 Å². The van der Waals surface area contributed by atoms with Gasteiger partial charge in [0.05, 0.1) is 6.61 Å². The van der Waals surface area contributed by atoms with Crippen LogP contribution in [0.25, 0.3) is 0 Å². The van der Waals surface area contributed by atoms with Crippen LogP contribution in [0.15, 0.2) is 0 Å². The third-order valence-electron chi connectivity index (χ3n) is 2.11. The number of urea groups is 1. The first-order chi connectivity index (χ1) is 7.70. The first kappa shape index (κ1) is 15.9. The van der Waals surface area contributed by atoms with Gasteiger partial charge >= 0.3 is 6.03 Å². The van der Waals surface area contributed by atoms with Gasteiger partial charge in [-0.1, -0.05) is 6.42 Å². The lowest BCUT2D eigenvalue weighted by Gasteiger charge is -2.09. The van der Waals surface area contributed by atoms with Crippen molar-refractivity contribution in [3.63, 3.8) is 0 Å². The molecule has 0 spiro atoms. The molecule has 0 radical (unpaired) electrons. The van der Waals surface area contributed by atoms with Gasteiger partial charge in [0.1, 0.15) is 0 Å². The maximum Gasteiger partial charge on any atom is 0.314 e. The average Bonchev–Trinajstić information content (AvgIpc) is 2.26. The van der Waals surface area contributed by atoms with Crippen LogP contribution in [0.1, 0.15) is 25.7 Å². The highest BCUT2D eigenvalue weighted by Crippen LogP contribution is 2.11. The van der Waals surface area contributed by atoms with Gasteiger partial charge in [-0.2, -0.15) is 25.3 Å². The van der Waals surface area contributed by atoms with E-state index in [0.717, 1.165) is 31.4 Å². The Bertz CT molecular complexity index is 182. The number of hydrogen-bond donors (Lipinski definition) is 5. The number of rotatable bonds is 9. The van der Waals surface area contributed by atoms with Crippen LogP contribution in [0.2, 0.25) is 0 Å². The Balaban J connectivity index is 3.23. The predicted molar refractivity (Wildman–Crippen MR) is 73.6 cm³/mol. The Morgan fingerprint density at radius 2 is 1.88 bits per heavy atom. The molecule has 0 heterocycles. The molecule has 0 fully saturated rings. The molecule has 16 heavy (non-hydrogen) atoms. The van der Waals surface area contributed by atoms with Gasteiger partial charge in [0, 0.05) is 18.3 Å². The lowest BCUT2D eigenvalue weighted by Crippen LogP contribution is -2.37. The number of carbonyl (C=O) groups is 1. The van der Waals surface area contributed by atoms with Gasteiger partial charge in [-0.3, -0.25) is 0 Å². The Hall–Kier alpha value is -0.0700. The zero-order valence-corrected chi connectivity index (χ0v) is 11.3. The second-order valence-corrected chi connectivity index (χ2v) is 4.75. The zero-order chi connectivity index (χ0) is 12.2. The summed E-state index contributed by atoms with van der Waals surface area (Å²) < 4.78 is 0. The van der Waals surface area contributed by atoms with Gasteiger partial charge in [0.15, 0.2) is 0 Å². The number of hydrogen-bond acceptors (Lipinski definition) is 4. The molecule has 0 saturated carbocycles. The van der Waals surface area contributed by atoms with Crippen molar-refractivity contribution in [1.29, 1.82) is 0 Å². The summed E-state index contributed by atoms with van der Waals surface area (Å²) in [4.78, 5) is 11.0. The van der Waals surface area contributed by atoms with Crippen molar-refractivity contribution in [2.24, 2.45) is 0 Å². The van der Waals surface area contributed by atoms with Crippen LogP contribution < -0.4 is 10.6 Å². The van der Waals surface area contributed by atoms with Gasteiger partial charge in [-0.05, 0) is 25.0 Å². The number of carbonyl (C=O) groups excluding carboxylic acids is 1. The number of amides is 2. The first-order valence-electron chi connectivity index (χ1n) is 5.62. The van der Waals surface area contributed by atoms with E-state index in [4.69, 9.17) is 5.11 Å². The van der Waals surface area contributed by atoms with Crippen molar-refractivity contribution in [2.75, 3.05) is 25.4 Å². The summed E-state index contributed by atoms with van der Waals surface area (Å²) in [6.45, 7) is 0.934. The van der Waals surface area contributed by atoms with Crippen molar-refractivity contribution < 1.29 is 9.90 Å². The SMILES string of the molecule is O=C(NCCO)NCCCCC(S)CCS. The fraction of sp³-hybridized carbons (Fsp3) is 0.900. The van der Waals surface area contributed by atoms with Crippen molar-refractivity contribution in [3.8, 4) is 0 Å². The number of aliphatic hydroxyl groups excluding tert-OH is 1. The van der Waals surface area contributed by atoms with Crippen LogP contribution in [0.3, 0.4) is 0 Å². The largest absolute Gasteiger partial charge is 0.395 e. The maximum atomic E-state index is 11.0. The van der Waals surface area contributed by atoms with Gasteiger partial charge in [-0.25, -0.2) is 4.79 Å². The Morgan fingerprint density at radius 3 is 2.50 bits per heavy atom. The van der Waals surface area contributed by atoms with Crippen LogP contribution >= 0.6 is 25.3 Å². The van der Waals surface area contributed by atoms with Gasteiger partial charge < -0.3 is 15.7 Å². The molecule has 1 unspecified atom stereocenters. The van der Waals surface area contributed by atoms with Crippen molar-refractivity contribution in [3.05, 3.63) is 0 Å². The van der Waals surface area contributed by atoms with Crippen LogP contribution in [0.5, 0.6) is 0 Å². The van der Waals surface area contributed by atoms with E-state index in [1.807, 2.05) is 0 Å². The highest BCUT2D eigenvalue weighted by Gasteiger charge is 2.02. The van der Waals surface area contributed by atoms with E-state index in [0.29, 0.717) is 18.3 Å². The minimum absolute atomic E-state index is 0.0293. The summed E-state index contributed by atoms with van der Waals surface area (Å²) in [5, 5.41) is 14.1. The monoisotopic (exact) mass is 266 g/mol. The molecule has 2 amide bonds. The van der Waals surface area contributed by atoms with Crippen LogP contribution in [-0.2, 0) is 0 Å². The van der Waals surface area contributed by atoms with E-state index in [2.05, 4.69) is 35.9 Å². The minimum Gasteiger partial charge on any atom is -0.395 e. The molecule has 0 aromatic carbocycles. The van der Waals surface area contributed by atoms with E-state index < -0.39 is 0 Å². The molecule has 3 N–H and O–H groups in total. The molecule has 0 aliphatic heterocycles. The molecule has 0 aromatic rings. The van der Waals surface area contributed by atoms with Crippen LogP contribution in [-0.4, -0.2) is 41.8 Å². The maximum absolute atomic E-state index is 11.0. The van der Waals surface area contributed by atoms with E-state index in [9.17, 15) is 4.79 Å². The summed E-state index contributed by atoms with van der Waals surface area (Å²) in [6.07, 6.45) is 4.10. The lowest BCUT2D eigenvalue weighted by molar-refractivity contribution is 0.234. The third kappa shape index (κ3) is 10.4. The summed E-state index contributed by atoms with van der Waals surface area (Å²) >= 11 is 8.57. The topological polar surface area (TPSA) is 61.4 Å². The highest BCUT2D eigenvalue weighted by molar-refractivity contribution is 7.81. The molecule has 0 aliphatic carbocycles. The molecule has 0 bridgehead atoms. The fourth-order valence-electron chi connectivity index (χ4n) is 1.23. The number of aliphatic hydroxyl groups is 1. The molecule has 1 atom stereocenters. The normalized spacial score (nSPS) is 12.2. The van der Waals surface area contributed by atoms with Crippen LogP contribution in [0, 0.1) is 0 Å². The molecular weight excluding hydrogens is 244 g/mol. The average molecular weight is 266 g/mol. The summed E-state index contributed by atoms with van der Waals surface area (Å²) in [6, 6.07) is -0.216. The van der Waals surface area contributed by atoms with Crippen molar-refractivity contribution >= 4 is 31.3 Å². The fourth-order valence-corrected chi connectivity index (χ4v) is 2.06. The number of thiol groups is 2. The number of unbranched alkanes of at least 4 members (excludes halogenated alkanes) is 1. The Kier molecular flexibility index (Phi) is 11.4. The van der Waals surface area contributed by atoms with E-state index in [1.54, 1.807) is 0 Å². The lowest BCUT2D eigenvalue weighted by atomic mass is 10.1. The Labute approximate surface area is 108 Å². The molecule has 0 rings (SSSR count). The minimum atomic E-state index is -0.216. The standard InChI is InChI=1S/C10H22N2O2S2/c13-7-6-12-10(14)11-5-2-1-3-9(16)4-8-15/h9,13,15-16H,1-8H2,(H2,11,12,14).